The highest BCUT2D eigenvalue weighted by Crippen LogP contribution is 2.28. The van der Waals surface area contributed by atoms with E-state index < -0.39 is 5.57 Å². The maximum absolute atomic E-state index is 2.85. The lowest BCUT2D eigenvalue weighted by molar-refractivity contribution is 0.697. The first-order valence-electron chi connectivity index (χ1n) is 7.47. The number of unbranched alkanes of at least 4 members (excludes halogenated alkanes) is 4. The molecule has 0 aliphatic carbocycles. The van der Waals surface area contributed by atoms with Gasteiger partial charge in [-0.25, -0.2) is 0 Å². The summed E-state index contributed by atoms with van der Waals surface area (Å²) in [5, 5.41) is 1.66. The molecule has 0 fully saturated rings. The van der Waals surface area contributed by atoms with Crippen molar-refractivity contribution >= 4 is 32.6 Å². The lowest BCUT2D eigenvalue weighted by atomic mass is 10.2. The number of hydrogen-bond donors (Lipinski definition) is 0. The van der Waals surface area contributed by atoms with Crippen LogP contribution < -0.4 is 5.19 Å². The Morgan fingerprint density at radius 2 is 1.44 bits per heavy atom. The topological polar surface area (TPSA) is 0 Å². The molecule has 0 saturated heterocycles. The summed E-state index contributed by atoms with van der Waals surface area (Å²) in [6.07, 6.45) is 8.34. The molecule has 102 valence electrons. The maximum Gasteiger partial charge on any atom is 0.155 e. The summed E-state index contributed by atoms with van der Waals surface area (Å²) in [7, 11) is 0. The highest BCUT2D eigenvalue weighted by atomic mass is 127. The Labute approximate surface area is 127 Å². The summed E-state index contributed by atoms with van der Waals surface area (Å²) in [5.41, 5.74) is -1.23. The van der Waals surface area contributed by atoms with E-state index in [1.54, 1.807) is 5.19 Å². The molecule has 1 rings (SSSR count). The summed E-state index contributed by atoms with van der Waals surface area (Å²) < 4.78 is 0. The molecule has 0 aromatic heterocycles. The largest absolute Gasteiger partial charge is 0.155 e. The van der Waals surface area contributed by atoms with Crippen molar-refractivity contribution in [3.63, 3.8) is 0 Å². The summed E-state index contributed by atoms with van der Waals surface area (Å²) in [5.74, 6) is 0. The predicted molar refractivity (Wildman–Crippen MR) is 94.5 cm³/mol. The van der Waals surface area contributed by atoms with Gasteiger partial charge in [-0.1, -0.05) is 82.7 Å². The lowest BCUT2D eigenvalue weighted by Gasteiger charge is -2.26. The minimum absolute atomic E-state index is 1.23. The summed E-state index contributed by atoms with van der Waals surface area (Å²) in [6.45, 7) is 4.61. The molecule has 1 aromatic carbocycles. The Morgan fingerprint density at radius 3 is 2.06 bits per heavy atom. The Balaban J connectivity index is 2.63. The van der Waals surface area contributed by atoms with E-state index in [0.29, 0.717) is 0 Å². The van der Waals surface area contributed by atoms with Crippen LogP contribution >= 0.6 is 21.8 Å². The van der Waals surface area contributed by atoms with Crippen LogP contribution in [-0.4, -0.2) is 5.57 Å². The zero-order valence-electron chi connectivity index (χ0n) is 11.9. The predicted octanol–water partition coefficient (Wildman–Crippen LogP) is 5.65. The average Bonchev–Trinajstić information content (AvgIpc) is 2.42. The van der Waals surface area contributed by atoms with Crippen LogP contribution in [0.15, 0.2) is 30.3 Å². The number of benzene rings is 1. The van der Waals surface area contributed by atoms with Gasteiger partial charge in [-0.2, -0.15) is 0 Å². The van der Waals surface area contributed by atoms with Gasteiger partial charge in [0.2, 0.25) is 0 Å². The summed E-state index contributed by atoms with van der Waals surface area (Å²) in [6, 6.07) is 14.2. The van der Waals surface area contributed by atoms with Crippen LogP contribution in [0, 0.1) is 0 Å². The molecule has 0 radical (unpaired) electrons. The van der Waals surface area contributed by atoms with Crippen LogP contribution in [0.4, 0.5) is 0 Å². The van der Waals surface area contributed by atoms with Crippen molar-refractivity contribution in [1.29, 1.82) is 0 Å². The molecule has 0 bridgehead atoms. The molecule has 0 heterocycles. The lowest BCUT2D eigenvalue weighted by Crippen LogP contribution is -2.41. The second-order valence-corrected chi connectivity index (χ2v) is 14.9. The van der Waals surface area contributed by atoms with E-state index in [1.807, 2.05) is 0 Å². The first-order valence-corrected chi connectivity index (χ1v) is 13.0. The third-order valence-electron chi connectivity index (χ3n) is 3.64. The van der Waals surface area contributed by atoms with E-state index in [-0.39, 0.29) is 0 Å². The molecule has 0 nitrogen and oxygen atoms in total. The number of halogens is 1. The van der Waals surface area contributed by atoms with Gasteiger partial charge in [0.1, 0.15) is 0 Å². The molecule has 0 amide bonds. The van der Waals surface area contributed by atoms with Crippen molar-refractivity contribution < 1.29 is 0 Å². The third-order valence-corrected chi connectivity index (χ3v) is 12.4. The third kappa shape index (κ3) is 5.43. The average molecular weight is 374 g/mol. The van der Waals surface area contributed by atoms with E-state index in [4.69, 9.17) is 0 Å². The van der Waals surface area contributed by atoms with Gasteiger partial charge >= 0.3 is 0 Å². The van der Waals surface area contributed by atoms with Crippen molar-refractivity contribution in [3.8, 4) is 0 Å². The molecule has 2 heteroatoms. The molecule has 0 spiro atoms. The van der Waals surface area contributed by atoms with Gasteiger partial charge in [0.05, 0.1) is 0 Å². The van der Waals surface area contributed by atoms with Gasteiger partial charge in [-0.15, -0.1) is 21.8 Å². The Morgan fingerprint density at radius 1 is 0.833 bits per heavy atom. The van der Waals surface area contributed by atoms with Gasteiger partial charge in [0.25, 0.3) is 0 Å². The van der Waals surface area contributed by atoms with Crippen LogP contribution in [0.1, 0.15) is 52.4 Å². The van der Waals surface area contributed by atoms with Gasteiger partial charge in [0.15, 0.2) is 5.57 Å². The SMILES string of the molecule is CCCCCC[Si](I)(CCCC)c1ccccc1. The van der Waals surface area contributed by atoms with Crippen molar-refractivity contribution in [1.82, 2.24) is 0 Å². The van der Waals surface area contributed by atoms with Gasteiger partial charge in [-0.05, 0) is 17.3 Å². The molecule has 0 N–H and O–H groups in total. The standard InChI is InChI=1S/C16H27ISi/c1-3-5-7-11-15-18(17,14-6-4-2)16-12-9-8-10-13-16/h8-10,12-13H,3-7,11,14-15H2,1-2H3. The fourth-order valence-corrected chi connectivity index (χ4v) is 9.15. The Hall–Kier alpha value is 0.167. The van der Waals surface area contributed by atoms with Crippen LogP contribution in [0.25, 0.3) is 0 Å². The summed E-state index contributed by atoms with van der Waals surface area (Å²) in [4.78, 5) is 0. The van der Waals surface area contributed by atoms with E-state index in [9.17, 15) is 0 Å². The zero-order chi connectivity index (χ0) is 13.3. The van der Waals surface area contributed by atoms with E-state index in [2.05, 4.69) is 66.0 Å². The molecule has 1 atom stereocenters. The van der Waals surface area contributed by atoms with Crippen molar-refractivity contribution in [2.24, 2.45) is 0 Å². The monoisotopic (exact) mass is 374 g/mol. The molecule has 1 aromatic rings. The number of rotatable bonds is 9. The quantitative estimate of drug-likeness (QED) is 0.227. The van der Waals surface area contributed by atoms with E-state index in [1.165, 1.54) is 50.6 Å². The first-order chi connectivity index (χ1) is 8.73. The van der Waals surface area contributed by atoms with Crippen LogP contribution in [-0.2, 0) is 0 Å². The van der Waals surface area contributed by atoms with Crippen LogP contribution in [0.3, 0.4) is 0 Å². The second-order valence-electron chi connectivity index (χ2n) is 5.25. The zero-order valence-corrected chi connectivity index (χ0v) is 15.1. The highest BCUT2D eigenvalue weighted by molar-refractivity contribution is 14.1. The highest BCUT2D eigenvalue weighted by Gasteiger charge is 2.30. The van der Waals surface area contributed by atoms with E-state index in [0.717, 1.165) is 0 Å². The van der Waals surface area contributed by atoms with E-state index >= 15 is 0 Å². The first kappa shape index (κ1) is 16.2. The van der Waals surface area contributed by atoms with Gasteiger partial charge in [0, 0.05) is 0 Å². The minimum Gasteiger partial charge on any atom is -0.113 e. The molecule has 18 heavy (non-hydrogen) atoms. The molecule has 0 aliphatic heterocycles. The minimum atomic E-state index is -1.23. The maximum atomic E-state index is 2.85. The Bertz CT molecular complexity index is 312. The second kappa shape index (κ2) is 9.13. The van der Waals surface area contributed by atoms with Crippen LogP contribution in [0.2, 0.25) is 12.1 Å². The normalized spacial score (nSPS) is 14.4. The summed E-state index contributed by atoms with van der Waals surface area (Å²) >= 11 is 2.85. The molecule has 0 saturated carbocycles. The van der Waals surface area contributed by atoms with Crippen molar-refractivity contribution in [2.75, 3.05) is 0 Å². The molecule has 0 aliphatic rings. The molecular formula is C16H27ISi. The van der Waals surface area contributed by atoms with Crippen molar-refractivity contribution in [2.45, 2.75) is 64.5 Å². The Kier molecular flexibility index (Phi) is 8.23. The number of hydrogen-bond acceptors (Lipinski definition) is 0. The van der Waals surface area contributed by atoms with Crippen LogP contribution in [0.5, 0.6) is 0 Å². The van der Waals surface area contributed by atoms with Gasteiger partial charge in [-0.3, -0.25) is 0 Å². The fraction of sp³-hybridized carbons (Fsp3) is 0.625. The van der Waals surface area contributed by atoms with Gasteiger partial charge < -0.3 is 0 Å². The smallest absolute Gasteiger partial charge is 0.113 e. The fourth-order valence-electron chi connectivity index (χ4n) is 2.44. The van der Waals surface area contributed by atoms with Crippen molar-refractivity contribution in [3.05, 3.63) is 30.3 Å². The molecule has 1 unspecified atom stereocenters. The molecular weight excluding hydrogens is 347 g/mol.